The van der Waals surface area contributed by atoms with E-state index in [1.165, 1.54) is 13.2 Å². The third kappa shape index (κ3) is 4.19. The lowest BCUT2D eigenvalue weighted by Crippen LogP contribution is -2.24. The number of esters is 1. The van der Waals surface area contributed by atoms with Crippen LogP contribution >= 0.6 is 15.9 Å². The number of primary sulfonamides is 1. The van der Waals surface area contributed by atoms with Crippen molar-refractivity contribution in [2.75, 3.05) is 7.11 Å². The molecule has 20 heavy (non-hydrogen) atoms. The first-order chi connectivity index (χ1) is 8.95. The third-order valence-electron chi connectivity index (χ3n) is 2.15. The highest BCUT2D eigenvalue weighted by Gasteiger charge is 2.24. The number of nitrogens with two attached hydrogens (primary N) is 1. The van der Waals surface area contributed by atoms with Crippen molar-refractivity contribution in [1.82, 2.24) is 0 Å². The standard InChI is InChI=1S/C12H16BrNO5S/c1-12(2,3)19-11(15)7-5-8(13)10(18-4)9(6-7)20(14,16)17/h5-6H,1-4H3,(H2,14,16,17). The van der Waals surface area contributed by atoms with Crippen LogP contribution in [-0.2, 0) is 14.8 Å². The van der Waals surface area contributed by atoms with Gasteiger partial charge < -0.3 is 9.47 Å². The first-order valence-corrected chi connectivity index (χ1v) is 7.93. The largest absolute Gasteiger partial charge is 0.494 e. The van der Waals surface area contributed by atoms with E-state index in [2.05, 4.69) is 15.9 Å². The second kappa shape index (κ2) is 5.71. The lowest BCUT2D eigenvalue weighted by molar-refractivity contribution is 0.00691. The zero-order chi connectivity index (χ0) is 15.7. The smallest absolute Gasteiger partial charge is 0.338 e. The van der Waals surface area contributed by atoms with Gasteiger partial charge in [-0.2, -0.15) is 0 Å². The lowest BCUT2D eigenvalue weighted by Gasteiger charge is -2.20. The molecular weight excluding hydrogens is 350 g/mol. The maximum absolute atomic E-state index is 12.0. The molecular formula is C12H16BrNO5S. The molecule has 0 saturated carbocycles. The van der Waals surface area contributed by atoms with Gasteiger partial charge in [-0.15, -0.1) is 0 Å². The van der Waals surface area contributed by atoms with E-state index >= 15 is 0 Å². The van der Waals surface area contributed by atoms with Gasteiger partial charge in [0.1, 0.15) is 10.5 Å². The molecule has 0 heterocycles. The first kappa shape index (κ1) is 16.9. The predicted octanol–water partition coefficient (Wildman–Crippen LogP) is 2.06. The van der Waals surface area contributed by atoms with Gasteiger partial charge >= 0.3 is 5.97 Å². The zero-order valence-corrected chi connectivity index (χ0v) is 14.0. The summed E-state index contributed by atoms with van der Waals surface area (Å²) in [5.41, 5.74) is -0.623. The SMILES string of the molecule is COc1c(Br)cc(C(=O)OC(C)(C)C)cc1S(N)(=O)=O. The predicted molar refractivity (Wildman–Crippen MR) is 77.2 cm³/mol. The molecule has 6 nitrogen and oxygen atoms in total. The lowest BCUT2D eigenvalue weighted by atomic mass is 10.1. The summed E-state index contributed by atoms with van der Waals surface area (Å²) < 4.78 is 33.6. The zero-order valence-electron chi connectivity index (χ0n) is 11.6. The first-order valence-electron chi connectivity index (χ1n) is 5.59. The van der Waals surface area contributed by atoms with E-state index in [1.807, 2.05) is 0 Å². The number of carbonyl (C=O) groups is 1. The number of sulfonamides is 1. The van der Waals surface area contributed by atoms with E-state index in [0.29, 0.717) is 4.47 Å². The van der Waals surface area contributed by atoms with E-state index in [9.17, 15) is 13.2 Å². The van der Waals surface area contributed by atoms with Gasteiger partial charge in [-0.05, 0) is 48.8 Å². The van der Waals surface area contributed by atoms with Gasteiger partial charge in [-0.25, -0.2) is 18.4 Å². The summed E-state index contributed by atoms with van der Waals surface area (Å²) in [7, 11) is -2.72. The van der Waals surface area contributed by atoms with Crippen LogP contribution in [0.4, 0.5) is 0 Å². The summed E-state index contributed by atoms with van der Waals surface area (Å²) in [6, 6.07) is 2.55. The van der Waals surface area contributed by atoms with Crippen LogP contribution in [0.25, 0.3) is 0 Å². The fraction of sp³-hybridized carbons (Fsp3) is 0.417. The minimum absolute atomic E-state index is 0.0415. The number of rotatable bonds is 3. The molecule has 0 aliphatic rings. The van der Waals surface area contributed by atoms with Crippen LogP contribution in [0, 0.1) is 0 Å². The molecule has 0 aliphatic heterocycles. The van der Waals surface area contributed by atoms with E-state index in [4.69, 9.17) is 14.6 Å². The number of hydrogen-bond acceptors (Lipinski definition) is 5. The van der Waals surface area contributed by atoms with Gasteiger partial charge in [0.15, 0.2) is 5.75 Å². The number of halogens is 1. The van der Waals surface area contributed by atoms with Crippen molar-refractivity contribution >= 4 is 31.9 Å². The van der Waals surface area contributed by atoms with E-state index in [0.717, 1.165) is 6.07 Å². The molecule has 0 saturated heterocycles. The summed E-state index contributed by atoms with van der Waals surface area (Å²) >= 11 is 3.15. The van der Waals surface area contributed by atoms with E-state index < -0.39 is 21.6 Å². The Morgan fingerprint density at radius 2 is 1.85 bits per heavy atom. The fourth-order valence-corrected chi connectivity index (χ4v) is 2.93. The van der Waals surface area contributed by atoms with Crippen molar-refractivity contribution in [3.05, 3.63) is 22.2 Å². The average molecular weight is 366 g/mol. The molecule has 0 aromatic heterocycles. The number of hydrogen-bond donors (Lipinski definition) is 1. The van der Waals surface area contributed by atoms with Crippen LogP contribution in [0.15, 0.2) is 21.5 Å². The normalized spacial score (nSPS) is 12.1. The number of benzene rings is 1. The third-order valence-corrected chi connectivity index (χ3v) is 3.66. The number of carbonyl (C=O) groups excluding carboxylic acids is 1. The Labute approximate surface area is 126 Å². The van der Waals surface area contributed by atoms with Gasteiger partial charge in [0.2, 0.25) is 10.0 Å². The highest BCUT2D eigenvalue weighted by atomic mass is 79.9. The van der Waals surface area contributed by atoms with Crippen LogP contribution in [0.3, 0.4) is 0 Å². The molecule has 0 fully saturated rings. The highest BCUT2D eigenvalue weighted by molar-refractivity contribution is 9.10. The fourth-order valence-electron chi connectivity index (χ4n) is 1.43. The number of methoxy groups -OCH3 is 1. The Kier molecular flexibility index (Phi) is 4.83. The summed E-state index contributed by atoms with van der Waals surface area (Å²) in [6.45, 7) is 5.14. The van der Waals surface area contributed by atoms with Gasteiger partial charge in [0.25, 0.3) is 0 Å². The molecule has 0 bridgehead atoms. The summed E-state index contributed by atoms with van der Waals surface area (Å²) in [6.07, 6.45) is 0. The Morgan fingerprint density at radius 1 is 1.30 bits per heavy atom. The van der Waals surface area contributed by atoms with Crippen molar-refractivity contribution in [3.63, 3.8) is 0 Å². The Balaban J connectivity index is 3.39. The molecule has 0 aliphatic carbocycles. The average Bonchev–Trinajstić information content (AvgIpc) is 2.24. The molecule has 2 N–H and O–H groups in total. The Bertz CT molecular complexity index is 634. The van der Waals surface area contributed by atoms with E-state index in [-0.39, 0.29) is 16.2 Å². The van der Waals surface area contributed by atoms with Crippen LogP contribution in [0.1, 0.15) is 31.1 Å². The summed E-state index contributed by atoms with van der Waals surface area (Å²) in [5.74, 6) is -0.606. The van der Waals surface area contributed by atoms with Gasteiger partial charge in [0, 0.05) is 0 Å². The molecule has 1 rings (SSSR count). The van der Waals surface area contributed by atoms with Gasteiger partial charge in [0.05, 0.1) is 17.1 Å². The maximum atomic E-state index is 12.0. The second-order valence-electron chi connectivity index (χ2n) is 5.04. The van der Waals surface area contributed by atoms with Crippen molar-refractivity contribution in [3.8, 4) is 5.75 Å². The summed E-state index contributed by atoms with van der Waals surface area (Å²) in [5, 5.41) is 5.12. The molecule has 0 spiro atoms. The topological polar surface area (TPSA) is 95.7 Å². The maximum Gasteiger partial charge on any atom is 0.338 e. The highest BCUT2D eigenvalue weighted by Crippen LogP contribution is 2.33. The van der Waals surface area contributed by atoms with Crippen LogP contribution in [0.5, 0.6) is 5.75 Å². The molecule has 1 aromatic rings. The van der Waals surface area contributed by atoms with Gasteiger partial charge in [-0.1, -0.05) is 0 Å². The molecule has 0 amide bonds. The molecule has 0 unspecified atom stereocenters. The van der Waals surface area contributed by atoms with Crippen LogP contribution in [0.2, 0.25) is 0 Å². The quantitative estimate of drug-likeness (QED) is 0.827. The minimum atomic E-state index is -4.03. The monoisotopic (exact) mass is 365 g/mol. The molecule has 0 atom stereocenters. The van der Waals surface area contributed by atoms with Crippen molar-refractivity contribution in [2.24, 2.45) is 5.14 Å². The number of ether oxygens (including phenoxy) is 2. The summed E-state index contributed by atoms with van der Waals surface area (Å²) in [4.78, 5) is 11.7. The Morgan fingerprint density at radius 3 is 2.25 bits per heavy atom. The molecule has 0 radical (unpaired) electrons. The Hall–Kier alpha value is -1.12. The molecule has 1 aromatic carbocycles. The van der Waals surface area contributed by atoms with Crippen LogP contribution < -0.4 is 9.88 Å². The van der Waals surface area contributed by atoms with Crippen molar-refractivity contribution < 1.29 is 22.7 Å². The minimum Gasteiger partial charge on any atom is -0.494 e. The second-order valence-corrected chi connectivity index (χ2v) is 7.42. The van der Waals surface area contributed by atoms with Crippen molar-refractivity contribution in [1.29, 1.82) is 0 Å². The van der Waals surface area contributed by atoms with Gasteiger partial charge in [-0.3, -0.25) is 0 Å². The van der Waals surface area contributed by atoms with Crippen molar-refractivity contribution in [2.45, 2.75) is 31.3 Å². The molecule has 8 heteroatoms. The van der Waals surface area contributed by atoms with Crippen LogP contribution in [-0.4, -0.2) is 27.1 Å². The molecule has 112 valence electrons. The van der Waals surface area contributed by atoms with E-state index in [1.54, 1.807) is 20.8 Å².